The number of hydrogen-bond donors (Lipinski definition) is 3. The van der Waals surface area contributed by atoms with Gasteiger partial charge in [-0.25, -0.2) is 4.79 Å². The van der Waals surface area contributed by atoms with E-state index in [1.165, 1.54) is 0 Å². The number of amides is 2. The fourth-order valence-electron chi connectivity index (χ4n) is 1.19. The summed E-state index contributed by atoms with van der Waals surface area (Å²) in [7, 11) is 1.59. The zero-order chi connectivity index (χ0) is 12.6. The first-order valence-corrected chi connectivity index (χ1v) is 5.14. The van der Waals surface area contributed by atoms with Gasteiger partial charge in [-0.05, 0) is 20.3 Å². The number of carboxylic acids is 1. The molecule has 0 bridgehead atoms. The van der Waals surface area contributed by atoms with Crippen LogP contribution in [-0.4, -0.2) is 42.9 Å². The summed E-state index contributed by atoms with van der Waals surface area (Å²) in [5, 5.41) is 13.8. The van der Waals surface area contributed by atoms with Gasteiger partial charge in [0.1, 0.15) is 0 Å². The maximum atomic E-state index is 11.3. The van der Waals surface area contributed by atoms with Crippen molar-refractivity contribution in [2.75, 3.05) is 20.3 Å². The number of ether oxygens (including phenoxy) is 1. The molecule has 2 amide bonds. The van der Waals surface area contributed by atoms with Crippen LogP contribution in [0.1, 0.15) is 26.7 Å². The molecule has 0 aromatic heterocycles. The fraction of sp³-hybridized carbons (Fsp3) is 0.800. The Morgan fingerprint density at radius 1 is 1.38 bits per heavy atom. The van der Waals surface area contributed by atoms with Crippen LogP contribution in [0.4, 0.5) is 4.79 Å². The Morgan fingerprint density at radius 2 is 2.00 bits per heavy atom. The van der Waals surface area contributed by atoms with Gasteiger partial charge in [0.05, 0.1) is 6.42 Å². The monoisotopic (exact) mass is 232 g/mol. The number of methoxy groups -OCH3 is 1. The molecule has 3 N–H and O–H groups in total. The molecule has 0 unspecified atom stereocenters. The van der Waals surface area contributed by atoms with Crippen LogP contribution in [0.2, 0.25) is 0 Å². The lowest BCUT2D eigenvalue weighted by Gasteiger charge is -2.24. The molecule has 0 saturated heterocycles. The molecule has 0 aromatic carbocycles. The summed E-state index contributed by atoms with van der Waals surface area (Å²) in [4.78, 5) is 21.9. The minimum Gasteiger partial charge on any atom is -0.481 e. The Bertz CT molecular complexity index is 241. The van der Waals surface area contributed by atoms with E-state index in [-0.39, 0.29) is 12.5 Å². The smallest absolute Gasteiger partial charge is 0.315 e. The van der Waals surface area contributed by atoms with E-state index < -0.39 is 11.5 Å². The lowest BCUT2D eigenvalue weighted by molar-refractivity contribution is -0.138. The van der Waals surface area contributed by atoms with Crippen LogP contribution in [0, 0.1) is 0 Å². The van der Waals surface area contributed by atoms with Gasteiger partial charge in [0.2, 0.25) is 0 Å². The van der Waals surface area contributed by atoms with Crippen molar-refractivity contribution in [3.8, 4) is 0 Å². The van der Waals surface area contributed by atoms with Gasteiger partial charge in [-0.3, -0.25) is 4.79 Å². The highest BCUT2D eigenvalue weighted by Gasteiger charge is 2.23. The average Bonchev–Trinajstić information content (AvgIpc) is 2.09. The van der Waals surface area contributed by atoms with Gasteiger partial charge in [0.25, 0.3) is 0 Å². The van der Waals surface area contributed by atoms with Crippen LogP contribution < -0.4 is 10.6 Å². The molecular formula is C10H20N2O4. The third kappa shape index (κ3) is 8.05. The van der Waals surface area contributed by atoms with E-state index in [9.17, 15) is 9.59 Å². The van der Waals surface area contributed by atoms with Crippen LogP contribution in [0.5, 0.6) is 0 Å². The van der Waals surface area contributed by atoms with E-state index in [2.05, 4.69) is 10.6 Å². The van der Waals surface area contributed by atoms with Crippen LogP contribution in [0.3, 0.4) is 0 Å². The highest BCUT2D eigenvalue weighted by Crippen LogP contribution is 2.07. The van der Waals surface area contributed by atoms with Crippen molar-refractivity contribution in [1.29, 1.82) is 0 Å². The van der Waals surface area contributed by atoms with E-state index in [0.29, 0.717) is 13.2 Å². The summed E-state index contributed by atoms with van der Waals surface area (Å²) in [5.41, 5.74) is -0.753. The predicted molar refractivity (Wildman–Crippen MR) is 59.4 cm³/mol. The SMILES string of the molecule is COCCCNC(=O)NC(C)(C)CC(=O)O. The number of carboxylic acid groups (broad SMARTS) is 1. The van der Waals surface area contributed by atoms with Crippen molar-refractivity contribution in [2.45, 2.75) is 32.2 Å². The van der Waals surface area contributed by atoms with Gasteiger partial charge in [-0.1, -0.05) is 0 Å². The molecule has 0 atom stereocenters. The summed E-state index contributed by atoms with van der Waals surface area (Å²) in [6.07, 6.45) is 0.613. The van der Waals surface area contributed by atoms with Gasteiger partial charge >= 0.3 is 12.0 Å². The first kappa shape index (κ1) is 14.7. The zero-order valence-corrected chi connectivity index (χ0v) is 10.0. The Morgan fingerprint density at radius 3 is 2.50 bits per heavy atom. The summed E-state index contributed by atoms with van der Waals surface area (Å²) in [6, 6.07) is -0.359. The molecule has 0 aromatic rings. The normalized spacial score (nSPS) is 10.9. The van der Waals surface area contributed by atoms with Gasteiger partial charge in [-0.15, -0.1) is 0 Å². The topological polar surface area (TPSA) is 87.7 Å². The number of nitrogens with one attached hydrogen (secondary N) is 2. The van der Waals surface area contributed by atoms with Gasteiger partial charge in [0.15, 0.2) is 0 Å². The quantitative estimate of drug-likeness (QED) is 0.560. The summed E-state index contributed by atoms with van der Waals surface area (Å²) >= 11 is 0. The molecule has 16 heavy (non-hydrogen) atoms. The highest BCUT2D eigenvalue weighted by molar-refractivity contribution is 5.76. The molecule has 0 saturated carbocycles. The van der Waals surface area contributed by atoms with Crippen molar-refractivity contribution in [1.82, 2.24) is 10.6 Å². The summed E-state index contributed by atoms with van der Waals surface area (Å²) < 4.78 is 4.83. The van der Waals surface area contributed by atoms with Crippen molar-refractivity contribution in [3.63, 3.8) is 0 Å². The third-order valence-corrected chi connectivity index (χ3v) is 1.86. The maximum Gasteiger partial charge on any atom is 0.315 e. The molecule has 94 valence electrons. The molecule has 0 radical (unpaired) electrons. The van der Waals surface area contributed by atoms with Crippen LogP contribution in [0.25, 0.3) is 0 Å². The number of hydrogen-bond acceptors (Lipinski definition) is 3. The standard InChI is InChI=1S/C10H20N2O4/c1-10(2,7-8(13)14)12-9(15)11-5-4-6-16-3/h4-7H2,1-3H3,(H,13,14)(H2,11,12,15). The maximum absolute atomic E-state index is 11.3. The fourth-order valence-corrected chi connectivity index (χ4v) is 1.19. The van der Waals surface area contributed by atoms with Crippen molar-refractivity contribution in [2.24, 2.45) is 0 Å². The van der Waals surface area contributed by atoms with E-state index in [1.807, 2.05) is 0 Å². The zero-order valence-electron chi connectivity index (χ0n) is 10.0. The molecule has 0 heterocycles. The highest BCUT2D eigenvalue weighted by atomic mass is 16.5. The molecule has 6 heteroatoms. The number of aliphatic carboxylic acids is 1. The lowest BCUT2D eigenvalue weighted by atomic mass is 10.0. The van der Waals surface area contributed by atoms with E-state index in [4.69, 9.17) is 9.84 Å². The van der Waals surface area contributed by atoms with Crippen LogP contribution in [-0.2, 0) is 9.53 Å². The van der Waals surface area contributed by atoms with Gasteiger partial charge in [0, 0.05) is 25.8 Å². The largest absolute Gasteiger partial charge is 0.481 e. The molecule has 0 spiro atoms. The minimum atomic E-state index is -0.940. The van der Waals surface area contributed by atoms with E-state index in [1.54, 1.807) is 21.0 Å². The molecule has 0 rings (SSSR count). The Balaban J connectivity index is 3.80. The predicted octanol–water partition coefficient (Wildman–Crippen LogP) is 0.575. The number of carbonyl (C=O) groups is 2. The second-order valence-corrected chi connectivity index (χ2v) is 4.18. The number of urea groups is 1. The lowest BCUT2D eigenvalue weighted by Crippen LogP contribution is -2.49. The second-order valence-electron chi connectivity index (χ2n) is 4.18. The molecule has 0 aliphatic rings. The number of rotatable bonds is 7. The molecule has 0 fully saturated rings. The van der Waals surface area contributed by atoms with Gasteiger partial charge < -0.3 is 20.5 Å². The van der Waals surface area contributed by atoms with E-state index in [0.717, 1.165) is 6.42 Å². The first-order valence-electron chi connectivity index (χ1n) is 5.14. The third-order valence-electron chi connectivity index (χ3n) is 1.86. The molecular weight excluding hydrogens is 212 g/mol. The average molecular weight is 232 g/mol. The van der Waals surface area contributed by atoms with E-state index >= 15 is 0 Å². The van der Waals surface area contributed by atoms with Gasteiger partial charge in [-0.2, -0.15) is 0 Å². The molecule has 6 nitrogen and oxygen atoms in total. The second kappa shape index (κ2) is 7.05. The summed E-state index contributed by atoms with van der Waals surface area (Å²) in [5.74, 6) is -0.940. The minimum absolute atomic E-state index is 0.113. The number of carbonyl (C=O) groups excluding carboxylic acids is 1. The Hall–Kier alpha value is -1.30. The van der Waals surface area contributed by atoms with Crippen molar-refractivity contribution < 1.29 is 19.4 Å². The van der Waals surface area contributed by atoms with Crippen LogP contribution >= 0.6 is 0 Å². The first-order chi connectivity index (χ1) is 7.37. The molecule has 0 aliphatic heterocycles. The Kier molecular flexibility index (Phi) is 6.48. The van der Waals surface area contributed by atoms with Crippen molar-refractivity contribution in [3.05, 3.63) is 0 Å². The molecule has 0 aliphatic carbocycles. The van der Waals surface area contributed by atoms with Crippen molar-refractivity contribution >= 4 is 12.0 Å². The summed E-state index contributed by atoms with van der Waals surface area (Å²) in [6.45, 7) is 4.41. The Labute approximate surface area is 95.4 Å². The van der Waals surface area contributed by atoms with Crippen LogP contribution in [0.15, 0.2) is 0 Å².